The number of piperidine rings is 1. The molecular weight excluding hydrogens is 486 g/mol. The average Bonchev–Trinajstić information content (AvgIpc) is 3.64. The molecule has 6 rings (SSSR count). The van der Waals surface area contributed by atoms with E-state index in [1.807, 2.05) is 12.1 Å². The molecule has 0 bridgehead atoms. The largest absolute Gasteiger partial charge is 0.465 e. The first kappa shape index (κ1) is 24.2. The van der Waals surface area contributed by atoms with Gasteiger partial charge in [-0.15, -0.1) is 5.10 Å². The third-order valence-electron chi connectivity index (χ3n) is 7.29. The molecule has 2 aliphatic heterocycles. The van der Waals surface area contributed by atoms with E-state index in [1.54, 1.807) is 24.5 Å². The lowest BCUT2D eigenvalue weighted by Gasteiger charge is -2.40. The molecule has 12 heteroatoms. The van der Waals surface area contributed by atoms with Gasteiger partial charge in [0, 0.05) is 51.5 Å². The number of carbonyl (C=O) groups excluding carboxylic acids is 1. The van der Waals surface area contributed by atoms with E-state index in [0.717, 1.165) is 57.9 Å². The van der Waals surface area contributed by atoms with Crippen LogP contribution in [-0.4, -0.2) is 88.4 Å². The molecule has 0 aliphatic carbocycles. The second-order valence-electron chi connectivity index (χ2n) is 9.79. The van der Waals surface area contributed by atoms with Crippen LogP contribution in [0.1, 0.15) is 23.2 Å². The van der Waals surface area contributed by atoms with E-state index in [1.165, 1.54) is 18.0 Å². The van der Waals surface area contributed by atoms with Crippen LogP contribution < -0.4 is 15.5 Å². The number of methoxy groups -OCH3 is 1. The lowest BCUT2D eigenvalue weighted by atomic mass is 9.97. The molecule has 3 aromatic heterocycles. The van der Waals surface area contributed by atoms with E-state index in [2.05, 4.69) is 40.8 Å². The number of rotatable bonds is 6. The van der Waals surface area contributed by atoms with E-state index in [-0.39, 0.29) is 11.9 Å². The van der Waals surface area contributed by atoms with Crippen molar-refractivity contribution in [2.45, 2.75) is 12.8 Å². The van der Waals surface area contributed by atoms with Crippen LogP contribution in [0.2, 0.25) is 0 Å². The van der Waals surface area contributed by atoms with Gasteiger partial charge in [0.1, 0.15) is 0 Å². The molecule has 0 radical (unpaired) electrons. The summed E-state index contributed by atoms with van der Waals surface area (Å²) in [5.41, 5.74) is 7.87. The lowest BCUT2D eigenvalue weighted by Crippen LogP contribution is -2.50. The first-order chi connectivity index (χ1) is 18.6. The molecule has 0 amide bonds. The van der Waals surface area contributed by atoms with Crippen LogP contribution in [-0.2, 0) is 4.74 Å². The van der Waals surface area contributed by atoms with Crippen LogP contribution in [0.15, 0.2) is 47.1 Å². The number of hydrogen-bond donors (Lipinski definition) is 1. The van der Waals surface area contributed by atoms with Crippen molar-refractivity contribution in [1.29, 1.82) is 0 Å². The number of anilines is 3. The van der Waals surface area contributed by atoms with Gasteiger partial charge >= 0.3 is 5.97 Å². The molecule has 2 aliphatic rings. The number of esters is 1. The zero-order valence-electron chi connectivity index (χ0n) is 21.4. The highest BCUT2D eigenvalue weighted by molar-refractivity contribution is 5.90. The van der Waals surface area contributed by atoms with Gasteiger partial charge in [-0.3, -0.25) is 4.90 Å². The number of nitrogens with two attached hydrogens (primary N) is 1. The summed E-state index contributed by atoms with van der Waals surface area (Å²) in [7, 11) is 1.41. The molecule has 1 aromatic carbocycles. The lowest BCUT2D eigenvalue weighted by molar-refractivity contribution is 0.0600. The van der Waals surface area contributed by atoms with Gasteiger partial charge < -0.3 is 24.7 Å². The third-order valence-corrected chi connectivity index (χ3v) is 7.29. The number of carbonyl (C=O) groups is 1. The summed E-state index contributed by atoms with van der Waals surface area (Å²) in [6, 6.07) is 11.3. The molecule has 4 aromatic rings. The van der Waals surface area contributed by atoms with Crippen LogP contribution in [0.4, 0.5) is 17.6 Å². The van der Waals surface area contributed by atoms with E-state index >= 15 is 0 Å². The minimum atomic E-state index is -0.306. The predicted octanol–water partition coefficient (Wildman–Crippen LogP) is 2.19. The Balaban J connectivity index is 1.08. The van der Waals surface area contributed by atoms with E-state index in [4.69, 9.17) is 14.9 Å². The topological polar surface area (TPSA) is 131 Å². The maximum Gasteiger partial charge on any atom is 0.337 e. The van der Waals surface area contributed by atoms with Gasteiger partial charge in [0.05, 0.1) is 18.9 Å². The number of hydrogen-bond acceptors (Lipinski definition) is 11. The number of fused-ring (bicyclic) bond motifs is 1. The number of nitrogen functional groups attached to an aromatic ring is 1. The second kappa shape index (κ2) is 10.3. The maximum absolute atomic E-state index is 11.9. The van der Waals surface area contributed by atoms with Crippen molar-refractivity contribution < 1.29 is 13.9 Å². The molecule has 0 saturated carbocycles. The molecule has 2 saturated heterocycles. The van der Waals surface area contributed by atoms with Crippen molar-refractivity contribution in [1.82, 2.24) is 29.5 Å². The Bertz CT molecular complexity index is 1410. The molecule has 1 atom stereocenters. The molecule has 0 unspecified atom stereocenters. The Hall–Kier alpha value is -4.19. The molecule has 2 N–H and O–H groups in total. The minimum Gasteiger partial charge on any atom is -0.465 e. The van der Waals surface area contributed by atoms with Crippen molar-refractivity contribution in [3.63, 3.8) is 0 Å². The molecule has 5 heterocycles. The van der Waals surface area contributed by atoms with Crippen LogP contribution >= 0.6 is 0 Å². The average molecular weight is 518 g/mol. The van der Waals surface area contributed by atoms with Gasteiger partial charge in [0.15, 0.2) is 5.76 Å². The first-order valence-corrected chi connectivity index (χ1v) is 12.9. The van der Waals surface area contributed by atoms with E-state index < -0.39 is 0 Å². The fraction of sp³-hybridized carbons (Fsp3) is 0.423. The summed E-state index contributed by atoms with van der Waals surface area (Å²) < 4.78 is 11.7. The Morgan fingerprint density at radius 2 is 1.95 bits per heavy atom. The zero-order chi connectivity index (χ0) is 26.1. The van der Waals surface area contributed by atoms with Crippen LogP contribution in [0, 0.1) is 5.92 Å². The highest BCUT2D eigenvalue weighted by Crippen LogP contribution is 2.25. The van der Waals surface area contributed by atoms with E-state index in [9.17, 15) is 4.79 Å². The monoisotopic (exact) mass is 517 g/mol. The molecule has 2 fully saturated rings. The SMILES string of the molecule is COC(=O)c1cccc(N2CCN(C[C@@H]3CCCN(c4nc(N)n5nc(-c6ccco6)nc5n4)C3)CC2)c1. The summed E-state index contributed by atoms with van der Waals surface area (Å²) in [5.74, 6) is 2.45. The molecule has 12 nitrogen and oxygen atoms in total. The van der Waals surface area contributed by atoms with Crippen molar-refractivity contribution in [3.8, 4) is 11.6 Å². The zero-order valence-corrected chi connectivity index (χ0v) is 21.4. The molecule has 0 spiro atoms. The van der Waals surface area contributed by atoms with Crippen molar-refractivity contribution in [2.24, 2.45) is 5.92 Å². The Labute approximate surface area is 220 Å². The smallest absolute Gasteiger partial charge is 0.337 e. The highest BCUT2D eigenvalue weighted by Gasteiger charge is 2.27. The summed E-state index contributed by atoms with van der Waals surface area (Å²) in [6.07, 6.45) is 3.82. The number of furan rings is 1. The normalized spacial score (nSPS) is 18.7. The molecule has 38 heavy (non-hydrogen) atoms. The quantitative estimate of drug-likeness (QED) is 0.378. The Morgan fingerprint density at radius 1 is 1.08 bits per heavy atom. The van der Waals surface area contributed by atoms with Gasteiger partial charge in [-0.1, -0.05) is 6.07 Å². The molecule has 198 valence electrons. The summed E-state index contributed by atoms with van der Waals surface area (Å²) in [5, 5.41) is 4.39. The predicted molar refractivity (Wildman–Crippen MR) is 142 cm³/mol. The van der Waals surface area contributed by atoms with Crippen LogP contribution in [0.25, 0.3) is 17.4 Å². The standard InChI is InChI=1S/C26H31N9O3/c1-37-23(36)19-6-2-7-20(15-19)33-12-10-32(11-13-33)16-18-5-3-9-34(17-18)25-29-24(27)35-26(30-25)28-22(31-35)21-8-4-14-38-21/h2,4,6-8,14-15,18H,3,5,9-13,16-17H2,1H3,(H2,27,28,29,30,31)/t18-/m0/s1. The Morgan fingerprint density at radius 3 is 2.74 bits per heavy atom. The summed E-state index contributed by atoms with van der Waals surface area (Å²) in [6.45, 7) is 6.57. The fourth-order valence-corrected chi connectivity index (χ4v) is 5.34. The third kappa shape index (κ3) is 4.86. The van der Waals surface area contributed by atoms with Gasteiger partial charge in [0.25, 0.3) is 5.78 Å². The first-order valence-electron chi connectivity index (χ1n) is 12.9. The minimum absolute atomic E-state index is 0.254. The second-order valence-corrected chi connectivity index (χ2v) is 9.79. The van der Waals surface area contributed by atoms with Crippen LogP contribution in [0.3, 0.4) is 0 Å². The number of piperazine rings is 1. The van der Waals surface area contributed by atoms with Crippen molar-refractivity contribution in [3.05, 3.63) is 48.2 Å². The van der Waals surface area contributed by atoms with Gasteiger partial charge in [-0.05, 0) is 49.1 Å². The van der Waals surface area contributed by atoms with Crippen molar-refractivity contribution >= 4 is 29.3 Å². The Kier molecular flexibility index (Phi) is 6.54. The maximum atomic E-state index is 11.9. The molecular formula is C26H31N9O3. The fourth-order valence-electron chi connectivity index (χ4n) is 5.34. The summed E-state index contributed by atoms with van der Waals surface area (Å²) >= 11 is 0. The van der Waals surface area contributed by atoms with Crippen molar-refractivity contribution in [2.75, 3.05) is 68.5 Å². The van der Waals surface area contributed by atoms with Gasteiger partial charge in [0.2, 0.25) is 17.7 Å². The number of nitrogens with zero attached hydrogens (tertiary/aromatic N) is 8. The number of ether oxygens (including phenoxy) is 1. The van der Waals surface area contributed by atoms with E-state index in [0.29, 0.717) is 34.8 Å². The van der Waals surface area contributed by atoms with Crippen LogP contribution in [0.5, 0.6) is 0 Å². The number of benzene rings is 1. The van der Waals surface area contributed by atoms with Gasteiger partial charge in [-0.2, -0.15) is 19.5 Å². The number of aromatic nitrogens is 5. The summed E-state index contributed by atoms with van der Waals surface area (Å²) in [4.78, 5) is 32.7. The van der Waals surface area contributed by atoms with Gasteiger partial charge in [-0.25, -0.2) is 4.79 Å². The highest BCUT2D eigenvalue weighted by atomic mass is 16.5.